The highest BCUT2D eigenvalue weighted by atomic mass is 19.1. The van der Waals surface area contributed by atoms with Crippen molar-refractivity contribution in [2.24, 2.45) is 0 Å². The van der Waals surface area contributed by atoms with Gasteiger partial charge in [0.25, 0.3) is 11.5 Å². The highest BCUT2D eigenvalue weighted by molar-refractivity contribution is 5.99. The number of aromatic amines is 1. The normalized spacial score (nSPS) is 10.8. The van der Waals surface area contributed by atoms with E-state index in [0.717, 1.165) is 6.20 Å². The Morgan fingerprint density at radius 3 is 2.62 bits per heavy atom. The third-order valence-electron chi connectivity index (χ3n) is 3.05. The molecule has 3 N–H and O–H groups in total. The van der Waals surface area contributed by atoms with Gasteiger partial charge in [0.2, 0.25) is 5.82 Å². The summed E-state index contributed by atoms with van der Waals surface area (Å²) in [7, 11) is 0. The van der Waals surface area contributed by atoms with Crippen LogP contribution in [0.1, 0.15) is 29.8 Å². The molecular weight excluding hydrogens is 320 g/mol. The van der Waals surface area contributed by atoms with Crippen LogP contribution in [0.2, 0.25) is 0 Å². The van der Waals surface area contributed by atoms with Gasteiger partial charge in [0.05, 0.1) is 23.0 Å². The van der Waals surface area contributed by atoms with E-state index in [9.17, 15) is 18.4 Å². The summed E-state index contributed by atoms with van der Waals surface area (Å²) in [5.41, 5.74) is 1.04. The molecule has 1 aromatic carbocycles. The van der Waals surface area contributed by atoms with Gasteiger partial charge in [-0.1, -0.05) is 6.07 Å². The number of pyridine rings is 1. The molecule has 0 aliphatic heterocycles. The lowest BCUT2D eigenvalue weighted by atomic mass is 10.1. The highest BCUT2D eigenvalue weighted by Gasteiger charge is 2.20. The number of carbonyl (C=O) groups excluding carboxylic acids is 1. The molecule has 0 saturated heterocycles. The van der Waals surface area contributed by atoms with E-state index in [1.54, 1.807) is 26.8 Å². The summed E-state index contributed by atoms with van der Waals surface area (Å²) in [5.74, 6) is -2.65. The molecule has 0 atom stereocenters. The van der Waals surface area contributed by atoms with E-state index in [1.165, 1.54) is 12.1 Å². The highest BCUT2D eigenvalue weighted by Crippen LogP contribution is 2.24. The zero-order chi connectivity index (χ0) is 17.9. The number of aromatic nitrogens is 1. The Hall–Kier alpha value is -2.74. The molecule has 2 aromatic rings. The minimum Gasteiger partial charge on any atom is -0.350 e. The Labute approximate surface area is 136 Å². The predicted octanol–water partition coefficient (Wildman–Crippen LogP) is 2.77. The topological polar surface area (TPSA) is 83.2 Å². The second-order valence-electron chi connectivity index (χ2n) is 5.43. The molecule has 128 valence electrons. The van der Waals surface area contributed by atoms with Gasteiger partial charge < -0.3 is 10.3 Å². The van der Waals surface area contributed by atoms with Crippen molar-refractivity contribution >= 4 is 17.3 Å². The van der Waals surface area contributed by atoms with Crippen LogP contribution in [-0.2, 0) is 4.84 Å². The molecule has 2 rings (SSSR count). The fourth-order valence-corrected chi connectivity index (χ4v) is 1.89. The lowest BCUT2D eigenvalue weighted by Crippen LogP contribution is -2.29. The van der Waals surface area contributed by atoms with Gasteiger partial charge >= 0.3 is 0 Å². The first kappa shape index (κ1) is 17.6. The van der Waals surface area contributed by atoms with Crippen molar-refractivity contribution in [1.29, 1.82) is 0 Å². The van der Waals surface area contributed by atoms with E-state index in [1.807, 2.05) is 0 Å². The van der Waals surface area contributed by atoms with Crippen LogP contribution in [0.25, 0.3) is 0 Å². The van der Waals surface area contributed by atoms with Crippen LogP contribution in [0.5, 0.6) is 0 Å². The van der Waals surface area contributed by atoms with Crippen LogP contribution in [-0.4, -0.2) is 17.0 Å². The minimum atomic E-state index is -1.23. The molecule has 1 aromatic heterocycles. The second kappa shape index (κ2) is 7.22. The average molecular weight is 337 g/mol. The van der Waals surface area contributed by atoms with Gasteiger partial charge in [0, 0.05) is 6.20 Å². The molecular formula is C16H17F2N3O3. The van der Waals surface area contributed by atoms with Crippen molar-refractivity contribution in [3.63, 3.8) is 0 Å². The lowest BCUT2D eigenvalue weighted by Gasteiger charge is -2.14. The number of hydrogen-bond donors (Lipinski definition) is 3. The first-order chi connectivity index (χ1) is 11.3. The van der Waals surface area contributed by atoms with Gasteiger partial charge in [-0.2, -0.15) is 4.39 Å². The summed E-state index contributed by atoms with van der Waals surface area (Å²) in [6, 6.07) is 4.24. The molecule has 0 unspecified atom stereocenters. The zero-order valence-electron chi connectivity index (χ0n) is 13.4. The predicted molar refractivity (Wildman–Crippen MR) is 85.1 cm³/mol. The van der Waals surface area contributed by atoms with Crippen LogP contribution < -0.4 is 16.4 Å². The smallest absolute Gasteiger partial charge is 0.286 e. The standard InChI is InChI=1S/C16H17F2N3O3/c1-8(2)24-21-15(22)10-7-19-16(23)13(18)14(10)20-12-5-4-9(3)6-11(12)17/h4-8H,1-3H3,(H,21,22)(H2,19,20,23). The fourth-order valence-electron chi connectivity index (χ4n) is 1.89. The van der Waals surface area contributed by atoms with Crippen molar-refractivity contribution in [1.82, 2.24) is 10.5 Å². The van der Waals surface area contributed by atoms with Crippen molar-refractivity contribution in [2.45, 2.75) is 26.9 Å². The summed E-state index contributed by atoms with van der Waals surface area (Å²) >= 11 is 0. The largest absolute Gasteiger partial charge is 0.350 e. The molecule has 0 aliphatic rings. The lowest BCUT2D eigenvalue weighted by molar-refractivity contribution is 0.000199. The molecule has 1 heterocycles. The first-order valence-corrected chi connectivity index (χ1v) is 7.20. The monoisotopic (exact) mass is 337 g/mol. The summed E-state index contributed by atoms with van der Waals surface area (Å²) in [5, 5.41) is 2.46. The van der Waals surface area contributed by atoms with Crippen LogP contribution >= 0.6 is 0 Å². The summed E-state index contributed by atoms with van der Waals surface area (Å²) in [4.78, 5) is 30.6. The van der Waals surface area contributed by atoms with Gasteiger partial charge in [-0.25, -0.2) is 9.87 Å². The van der Waals surface area contributed by atoms with Gasteiger partial charge in [0.15, 0.2) is 0 Å². The molecule has 0 aliphatic carbocycles. The zero-order valence-corrected chi connectivity index (χ0v) is 13.4. The number of anilines is 2. The van der Waals surface area contributed by atoms with E-state index in [-0.39, 0.29) is 17.4 Å². The third-order valence-corrected chi connectivity index (χ3v) is 3.05. The van der Waals surface area contributed by atoms with Gasteiger partial charge in [-0.3, -0.25) is 14.4 Å². The van der Waals surface area contributed by atoms with E-state index >= 15 is 0 Å². The van der Waals surface area contributed by atoms with E-state index in [4.69, 9.17) is 4.84 Å². The third kappa shape index (κ3) is 3.96. The number of hydrogen-bond acceptors (Lipinski definition) is 4. The van der Waals surface area contributed by atoms with Crippen LogP contribution in [0.3, 0.4) is 0 Å². The number of halogens is 2. The SMILES string of the molecule is Cc1ccc(Nc2c(C(=O)NOC(C)C)c[nH]c(=O)c2F)c(F)c1. The molecule has 24 heavy (non-hydrogen) atoms. The Morgan fingerprint density at radius 2 is 2.00 bits per heavy atom. The quantitative estimate of drug-likeness (QED) is 0.733. The minimum absolute atomic E-state index is 0.0658. The van der Waals surface area contributed by atoms with Crippen LogP contribution in [0.4, 0.5) is 20.2 Å². The molecule has 1 amide bonds. The number of H-pyrrole nitrogens is 1. The Balaban J connectivity index is 2.42. The number of aryl methyl sites for hydroxylation is 1. The van der Waals surface area contributed by atoms with Crippen molar-refractivity contribution < 1.29 is 18.4 Å². The molecule has 0 fully saturated rings. The molecule has 0 bridgehead atoms. The molecule has 0 saturated carbocycles. The maximum atomic E-state index is 14.2. The number of benzene rings is 1. The van der Waals surface area contributed by atoms with Crippen molar-refractivity contribution in [3.05, 3.63) is 57.5 Å². The number of carbonyl (C=O) groups is 1. The number of amides is 1. The van der Waals surface area contributed by atoms with Crippen LogP contribution in [0.15, 0.2) is 29.2 Å². The van der Waals surface area contributed by atoms with Gasteiger partial charge in [-0.05, 0) is 38.5 Å². The maximum absolute atomic E-state index is 14.2. The molecule has 0 spiro atoms. The molecule has 8 heteroatoms. The Bertz CT molecular complexity index is 819. The molecule has 6 nitrogen and oxygen atoms in total. The number of rotatable bonds is 5. The number of hydroxylamine groups is 1. The van der Waals surface area contributed by atoms with Crippen LogP contribution in [0, 0.1) is 18.6 Å². The van der Waals surface area contributed by atoms with Gasteiger partial charge in [-0.15, -0.1) is 0 Å². The van der Waals surface area contributed by atoms with Crippen molar-refractivity contribution in [2.75, 3.05) is 5.32 Å². The first-order valence-electron chi connectivity index (χ1n) is 7.20. The maximum Gasteiger partial charge on any atom is 0.286 e. The van der Waals surface area contributed by atoms with E-state index < -0.39 is 28.8 Å². The van der Waals surface area contributed by atoms with E-state index in [2.05, 4.69) is 15.8 Å². The van der Waals surface area contributed by atoms with Gasteiger partial charge in [0.1, 0.15) is 5.82 Å². The summed E-state index contributed by atoms with van der Waals surface area (Å²) in [6.45, 7) is 5.08. The Morgan fingerprint density at radius 1 is 1.29 bits per heavy atom. The number of nitrogens with one attached hydrogen (secondary N) is 3. The second-order valence-corrected chi connectivity index (χ2v) is 5.43. The van der Waals surface area contributed by atoms with E-state index in [0.29, 0.717) is 5.56 Å². The Kier molecular flexibility index (Phi) is 5.30. The molecule has 0 radical (unpaired) electrons. The average Bonchev–Trinajstić information content (AvgIpc) is 2.52. The summed E-state index contributed by atoms with van der Waals surface area (Å²) < 4.78 is 28.1. The fraction of sp³-hybridized carbons (Fsp3) is 0.250. The summed E-state index contributed by atoms with van der Waals surface area (Å²) in [6.07, 6.45) is 0.728. The van der Waals surface area contributed by atoms with Crippen molar-refractivity contribution in [3.8, 4) is 0 Å².